The van der Waals surface area contributed by atoms with Gasteiger partial charge in [-0.3, -0.25) is 0 Å². The smallest absolute Gasteiger partial charge is 0.243 e. The lowest BCUT2D eigenvalue weighted by Gasteiger charge is -2.32. The number of nitrogens with zero attached hydrogens (tertiary/aromatic N) is 1. The summed E-state index contributed by atoms with van der Waals surface area (Å²) in [4.78, 5) is 0.270. The lowest BCUT2D eigenvalue weighted by molar-refractivity contribution is 0.329. The van der Waals surface area contributed by atoms with Crippen LogP contribution in [-0.2, 0) is 10.0 Å². The second kappa shape index (κ2) is 4.94. The minimum Gasteiger partial charge on any atom is -0.313 e. The molecule has 1 radical (unpaired) electrons. The van der Waals surface area contributed by atoms with Crippen LogP contribution < -0.4 is 5.32 Å². The zero-order valence-electron chi connectivity index (χ0n) is 9.43. The maximum absolute atomic E-state index is 12.3. The number of benzene rings is 1. The van der Waals surface area contributed by atoms with E-state index in [0.29, 0.717) is 18.1 Å². The minimum absolute atomic E-state index is 0.0792. The molecule has 93 valence electrons. The average molecular weight is 274 g/mol. The largest absolute Gasteiger partial charge is 0.313 e. The molecule has 1 aliphatic rings. The van der Waals surface area contributed by atoms with E-state index in [1.165, 1.54) is 16.4 Å². The quantitative estimate of drug-likeness (QED) is 0.888. The zero-order chi connectivity index (χ0) is 12.5. The standard InChI is InChI=1S/C11H14ClN2O2S/c1-9-8-13-6-7-14(9)17(15,16)11-4-2-10(12)3-5-11/h2-5,7,9,13H,6,8H2,1H3. The van der Waals surface area contributed by atoms with E-state index in [0.717, 1.165) is 0 Å². The van der Waals surface area contributed by atoms with Crippen molar-refractivity contribution in [1.29, 1.82) is 0 Å². The van der Waals surface area contributed by atoms with Crippen molar-refractivity contribution < 1.29 is 8.42 Å². The fourth-order valence-corrected chi connectivity index (χ4v) is 3.45. The Morgan fingerprint density at radius 2 is 2.00 bits per heavy atom. The molecule has 1 N–H and O–H groups in total. The number of nitrogens with one attached hydrogen (secondary N) is 1. The molecule has 1 aromatic rings. The number of hydrogen-bond acceptors (Lipinski definition) is 3. The Kier molecular flexibility index (Phi) is 3.73. The molecule has 1 fully saturated rings. The Hall–Kier alpha value is -0.620. The van der Waals surface area contributed by atoms with Crippen LogP contribution in [-0.4, -0.2) is 31.9 Å². The summed E-state index contributed by atoms with van der Waals surface area (Å²) >= 11 is 5.75. The van der Waals surface area contributed by atoms with Crippen LogP contribution in [0.25, 0.3) is 0 Å². The number of rotatable bonds is 2. The Morgan fingerprint density at radius 1 is 1.35 bits per heavy atom. The monoisotopic (exact) mass is 273 g/mol. The van der Waals surface area contributed by atoms with Gasteiger partial charge in [-0.05, 0) is 31.2 Å². The van der Waals surface area contributed by atoms with Crippen LogP contribution in [0.4, 0.5) is 0 Å². The molecule has 1 unspecified atom stereocenters. The lowest BCUT2D eigenvalue weighted by Crippen LogP contribution is -2.49. The van der Waals surface area contributed by atoms with Gasteiger partial charge in [0.25, 0.3) is 0 Å². The van der Waals surface area contributed by atoms with Crippen LogP contribution in [0.5, 0.6) is 0 Å². The van der Waals surface area contributed by atoms with Crippen molar-refractivity contribution in [2.24, 2.45) is 0 Å². The van der Waals surface area contributed by atoms with Crippen molar-refractivity contribution in [3.63, 3.8) is 0 Å². The van der Waals surface area contributed by atoms with E-state index < -0.39 is 10.0 Å². The van der Waals surface area contributed by atoms with Crippen molar-refractivity contribution in [3.8, 4) is 0 Å². The Labute approximate surface area is 107 Å². The lowest BCUT2D eigenvalue weighted by atomic mass is 10.3. The van der Waals surface area contributed by atoms with Crippen molar-refractivity contribution in [1.82, 2.24) is 9.62 Å². The highest BCUT2D eigenvalue weighted by Gasteiger charge is 2.30. The van der Waals surface area contributed by atoms with Gasteiger partial charge in [0.05, 0.1) is 11.4 Å². The summed E-state index contributed by atoms with van der Waals surface area (Å²) in [5.74, 6) is 0. The van der Waals surface area contributed by atoms with E-state index in [9.17, 15) is 8.42 Å². The molecule has 1 atom stereocenters. The highest BCUT2D eigenvalue weighted by atomic mass is 35.5. The van der Waals surface area contributed by atoms with Crippen LogP contribution in [0.3, 0.4) is 0 Å². The van der Waals surface area contributed by atoms with Gasteiger partial charge in [0.15, 0.2) is 0 Å². The number of sulfonamides is 1. The van der Waals surface area contributed by atoms with E-state index >= 15 is 0 Å². The van der Waals surface area contributed by atoms with Crippen LogP contribution in [0.1, 0.15) is 6.92 Å². The summed E-state index contributed by atoms with van der Waals surface area (Å²) in [5.41, 5.74) is 0. The zero-order valence-corrected chi connectivity index (χ0v) is 11.0. The van der Waals surface area contributed by atoms with Gasteiger partial charge in [-0.25, -0.2) is 8.42 Å². The topological polar surface area (TPSA) is 49.4 Å². The number of hydrogen-bond donors (Lipinski definition) is 1. The second-order valence-corrected chi connectivity index (χ2v) is 6.26. The first-order chi connectivity index (χ1) is 8.01. The van der Waals surface area contributed by atoms with Gasteiger partial charge in [-0.1, -0.05) is 11.6 Å². The second-order valence-electron chi connectivity index (χ2n) is 3.98. The molecule has 0 spiro atoms. The van der Waals surface area contributed by atoms with Crippen LogP contribution in [0.15, 0.2) is 29.2 Å². The predicted octanol–water partition coefficient (Wildman–Crippen LogP) is 1.48. The maximum atomic E-state index is 12.3. The molecule has 0 saturated carbocycles. The molecule has 0 amide bonds. The molecule has 1 heterocycles. The molecular weight excluding hydrogens is 260 g/mol. The Bertz CT molecular complexity index is 487. The maximum Gasteiger partial charge on any atom is 0.243 e. The van der Waals surface area contributed by atoms with Gasteiger partial charge in [-0.15, -0.1) is 0 Å². The fourth-order valence-electron chi connectivity index (χ4n) is 1.78. The van der Waals surface area contributed by atoms with E-state index in [1.54, 1.807) is 18.7 Å². The van der Waals surface area contributed by atoms with Crippen LogP contribution in [0.2, 0.25) is 5.02 Å². The molecule has 0 aliphatic carbocycles. The summed E-state index contributed by atoms with van der Waals surface area (Å²) in [5, 5.41) is 3.64. The predicted molar refractivity (Wildman–Crippen MR) is 67.1 cm³/mol. The highest BCUT2D eigenvalue weighted by Crippen LogP contribution is 2.22. The summed E-state index contributed by atoms with van der Waals surface area (Å²) in [6, 6.07) is 6.15. The first kappa shape index (κ1) is 12.8. The van der Waals surface area contributed by atoms with Gasteiger partial charge >= 0.3 is 0 Å². The normalized spacial score (nSPS) is 22.6. The molecule has 17 heavy (non-hydrogen) atoms. The number of piperazine rings is 1. The van der Waals surface area contributed by atoms with E-state index in [1.807, 2.05) is 6.92 Å². The fraction of sp³-hybridized carbons (Fsp3) is 0.364. The molecule has 1 saturated heterocycles. The van der Waals surface area contributed by atoms with Crippen molar-refractivity contribution in [2.45, 2.75) is 17.9 Å². The van der Waals surface area contributed by atoms with Gasteiger partial charge in [0.2, 0.25) is 10.0 Å². The third-order valence-electron chi connectivity index (χ3n) is 2.68. The average Bonchev–Trinajstić information content (AvgIpc) is 2.30. The summed E-state index contributed by atoms with van der Waals surface area (Å²) in [6.07, 6.45) is 0. The summed E-state index contributed by atoms with van der Waals surface area (Å²) in [7, 11) is -3.45. The molecule has 1 aromatic carbocycles. The Balaban J connectivity index is 2.32. The van der Waals surface area contributed by atoms with E-state index in [4.69, 9.17) is 11.6 Å². The highest BCUT2D eigenvalue weighted by molar-refractivity contribution is 7.89. The SMILES string of the molecule is CC1CNC[CH]N1S(=O)(=O)c1ccc(Cl)cc1. The molecular formula is C11H14ClN2O2S. The van der Waals surface area contributed by atoms with Gasteiger partial charge < -0.3 is 5.32 Å². The van der Waals surface area contributed by atoms with Crippen LogP contribution in [0, 0.1) is 6.54 Å². The molecule has 1 aliphatic heterocycles. The molecule has 0 aromatic heterocycles. The molecule has 6 heteroatoms. The molecule has 4 nitrogen and oxygen atoms in total. The first-order valence-corrected chi connectivity index (χ1v) is 7.17. The van der Waals surface area contributed by atoms with Crippen molar-refractivity contribution in [3.05, 3.63) is 35.8 Å². The third kappa shape index (κ3) is 2.63. The third-order valence-corrected chi connectivity index (χ3v) is 4.86. The van der Waals surface area contributed by atoms with Gasteiger partial charge in [0, 0.05) is 24.2 Å². The van der Waals surface area contributed by atoms with E-state index in [-0.39, 0.29) is 10.9 Å². The van der Waals surface area contributed by atoms with Gasteiger partial charge in [0.1, 0.15) is 0 Å². The minimum atomic E-state index is -3.45. The first-order valence-electron chi connectivity index (χ1n) is 5.35. The number of halogens is 1. The molecule has 0 bridgehead atoms. The summed E-state index contributed by atoms with van der Waals surface area (Å²) < 4.78 is 26.1. The van der Waals surface area contributed by atoms with Crippen LogP contribution >= 0.6 is 11.6 Å². The van der Waals surface area contributed by atoms with Crippen molar-refractivity contribution >= 4 is 21.6 Å². The Morgan fingerprint density at radius 3 is 2.59 bits per heavy atom. The van der Waals surface area contributed by atoms with Gasteiger partial charge in [-0.2, -0.15) is 4.31 Å². The van der Waals surface area contributed by atoms with Crippen molar-refractivity contribution in [2.75, 3.05) is 13.1 Å². The van der Waals surface area contributed by atoms with E-state index in [2.05, 4.69) is 5.32 Å². The summed E-state index contributed by atoms with van der Waals surface area (Å²) in [6.45, 7) is 4.76. The molecule has 2 rings (SSSR count).